The van der Waals surface area contributed by atoms with E-state index in [1.54, 1.807) is 12.1 Å². The number of ether oxygens (including phenoxy) is 4. The van der Waals surface area contributed by atoms with E-state index in [4.69, 9.17) is 27.8 Å². The van der Waals surface area contributed by atoms with E-state index in [-0.39, 0.29) is 37.9 Å². The maximum Gasteiger partial charge on any atom is 0.374 e. The minimum Gasteiger partial charge on any atom is -0.490 e. The van der Waals surface area contributed by atoms with E-state index in [9.17, 15) is 19.8 Å². The Morgan fingerprint density at radius 1 is 0.553 bits per heavy atom. The first-order valence-corrected chi connectivity index (χ1v) is 15.0. The summed E-state index contributed by atoms with van der Waals surface area (Å²) in [6.45, 7) is -0.803. The summed E-state index contributed by atoms with van der Waals surface area (Å²) in [4.78, 5) is 24.2. The highest BCUT2D eigenvalue weighted by Crippen LogP contribution is 2.36. The lowest BCUT2D eigenvalue weighted by molar-refractivity contribution is 0.0104. The SMILES string of the molecule is O=C(OCC(O)COc1ccc2ccccc2c1Cc1c(OCC(O)COC(=O)c2ccco2)ccc2ccccc12)c1ccco1. The lowest BCUT2D eigenvalue weighted by Crippen LogP contribution is -2.25. The monoisotopic (exact) mass is 636 g/mol. The standard InChI is InChI=1S/C37H32O10/c38-26(22-46-36(40)34-11-5-17-42-34)20-44-32-15-13-24-7-1-3-9-28(24)30(32)19-31-29-10-4-2-8-25(29)14-16-33(31)45-21-27(39)23-47-37(41)35-12-6-18-43-35/h1-18,26-27,38-39H,19-23H2. The molecule has 0 saturated heterocycles. The van der Waals surface area contributed by atoms with Crippen LogP contribution in [0.25, 0.3) is 21.5 Å². The molecule has 0 spiro atoms. The van der Waals surface area contributed by atoms with Crippen LogP contribution in [0.4, 0.5) is 0 Å². The van der Waals surface area contributed by atoms with Crippen molar-refractivity contribution in [3.63, 3.8) is 0 Å². The molecule has 2 atom stereocenters. The summed E-state index contributed by atoms with van der Waals surface area (Å²) in [5.74, 6) is -0.168. The number of esters is 2. The van der Waals surface area contributed by atoms with Crippen molar-refractivity contribution < 1.29 is 47.6 Å². The fourth-order valence-corrected chi connectivity index (χ4v) is 5.19. The zero-order valence-electron chi connectivity index (χ0n) is 25.2. The third-order valence-corrected chi connectivity index (χ3v) is 7.47. The molecule has 47 heavy (non-hydrogen) atoms. The predicted molar refractivity (Wildman–Crippen MR) is 172 cm³/mol. The lowest BCUT2D eigenvalue weighted by atomic mass is 9.93. The molecule has 6 aromatic rings. The zero-order valence-corrected chi connectivity index (χ0v) is 25.2. The van der Waals surface area contributed by atoms with Crippen LogP contribution in [-0.4, -0.2) is 60.8 Å². The summed E-state index contributed by atoms with van der Waals surface area (Å²) in [6, 6.07) is 29.5. The Hall–Kier alpha value is -5.58. The van der Waals surface area contributed by atoms with Crippen molar-refractivity contribution in [2.75, 3.05) is 26.4 Å². The van der Waals surface area contributed by atoms with E-state index in [1.807, 2.05) is 72.8 Å². The molecule has 0 bridgehead atoms. The van der Waals surface area contributed by atoms with Gasteiger partial charge in [0.1, 0.15) is 50.1 Å². The molecule has 2 heterocycles. The van der Waals surface area contributed by atoms with Crippen molar-refractivity contribution >= 4 is 33.5 Å². The van der Waals surface area contributed by atoms with Gasteiger partial charge in [-0.2, -0.15) is 0 Å². The van der Waals surface area contributed by atoms with Crippen LogP contribution in [0.1, 0.15) is 32.2 Å². The quantitative estimate of drug-likeness (QED) is 0.138. The Labute approximate surface area is 269 Å². The molecular weight excluding hydrogens is 604 g/mol. The number of rotatable bonds is 14. The van der Waals surface area contributed by atoms with Gasteiger partial charge in [-0.3, -0.25) is 0 Å². The number of aliphatic hydroxyl groups excluding tert-OH is 2. The van der Waals surface area contributed by atoms with Gasteiger partial charge in [0.05, 0.1) is 12.5 Å². The number of furan rings is 2. The molecule has 0 radical (unpaired) electrons. The van der Waals surface area contributed by atoms with Crippen LogP contribution >= 0.6 is 0 Å². The second-order valence-electron chi connectivity index (χ2n) is 10.8. The molecule has 0 aliphatic rings. The molecule has 2 N–H and O–H groups in total. The first kappa shape index (κ1) is 31.4. The Balaban J connectivity index is 1.21. The molecule has 6 rings (SSSR count). The topological polar surface area (TPSA) is 138 Å². The number of hydrogen-bond acceptors (Lipinski definition) is 10. The Morgan fingerprint density at radius 3 is 1.43 bits per heavy atom. The average Bonchev–Trinajstić information content (AvgIpc) is 3.85. The van der Waals surface area contributed by atoms with Crippen molar-refractivity contribution in [2.24, 2.45) is 0 Å². The molecule has 10 heteroatoms. The Kier molecular flexibility index (Phi) is 9.81. The molecule has 2 unspecified atom stereocenters. The van der Waals surface area contributed by atoms with Crippen molar-refractivity contribution in [3.8, 4) is 11.5 Å². The summed E-state index contributed by atoms with van der Waals surface area (Å²) >= 11 is 0. The van der Waals surface area contributed by atoms with Crippen LogP contribution in [0, 0.1) is 0 Å². The summed E-state index contributed by atoms with van der Waals surface area (Å²) < 4.78 is 32.7. The van der Waals surface area contributed by atoms with E-state index in [1.165, 1.54) is 24.7 Å². The van der Waals surface area contributed by atoms with Crippen LogP contribution in [0.3, 0.4) is 0 Å². The van der Waals surface area contributed by atoms with Gasteiger partial charge >= 0.3 is 11.9 Å². The van der Waals surface area contributed by atoms with Gasteiger partial charge in [-0.25, -0.2) is 9.59 Å². The number of fused-ring (bicyclic) bond motifs is 2. The fraction of sp³-hybridized carbons (Fsp3) is 0.189. The van der Waals surface area contributed by atoms with Gasteiger partial charge in [0, 0.05) is 17.5 Å². The predicted octanol–water partition coefficient (Wildman–Crippen LogP) is 5.96. The Bertz CT molecular complexity index is 1800. The minimum atomic E-state index is -1.09. The molecule has 4 aromatic carbocycles. The van der Waals surface area contributed by atoms with E-state index < -0.39 is 24.1 Å². The third-order valence-electron chi connectivity index (χ3n) is 7.47. The lowest BCUT2D eigenvalue weighted by Gasteiger charge is -2.20. The summed E-state index contributed by atoms with van der Waals surface area (Å²) in [7, 11) is 0. The Morgan fingerprint density at radius 2 is 1.00 bits per heavy atom. The largest absolute Gasteiger partial charge is 0.490 e. The highest BCUT2D eigenvalue weighted by Gasteiger charge is 2.19. The number of aliphatic hydroxyl groups is 2. The molecule has 0 amide bonds. The zero-order chi connectivity index (χ0) is 32.6. The van der Waals surface area contributed by atoms with Crippen LogP contribution in [0.2, 0.25) is 0 Å². The average molecular weight is 637 g/mol. The van der Waals surface area contributed by atoms with Crippen LogP contribution < -0.4 is 9.47 Å². The molecule has 2 aromatic heterocycles. The maximum absolute atomic E-state index is 12.1. The first-order chi connectivity index (χ1) is 23.0. The normalized spacial score (nSPS) is 12.5. The second kappa shape index (κ2) is 14.7. The smallest absolute Gasteiger partial charge is 0.374 e. The van der Waals surface area contributed by atoms with Gasteiger partial charge < -0.3 is 38.0 Å². The van der Waals surface area contributed by atoms with Crippen LogP contribution in [0.15, 0.2) is 118 Å². The molecule has 0 saturated carbocycles. The summed E-state index contributed by atoms with van der Waals surface area (Å²) in [6.07, 6.45) is 0.945. The van der Waals surface area contributed by atoms with Gasteiger partial charge in [0.15, 0.2) is 0 Å². The van der Waals surface area contributed by atoms with Crippen molar-refractivity contribution in [2.45, 2.75) is 18.6 Å². The van der Waals surface area contributed by atoms with Crippen molar-refractivity contribution in [1.82, 2.24) is 0 Å². The highest BCUT2D eigenvalue weighted by molar-refractivity contribution is 5.92. The number of benzene rings is 4. The number of carbonyl (C=O) groups is 2. The number of carbonyl (C=O) groups excluding carboxylic acids is 2. The molecule has 0 fully saturated rings. The van der Waals surface area contributed by atoms with E-state index in [2.05, 4.69) is 0 Å². The molecule has 10 nitrogen and oxygen atoms in total. The second-order valence-corrected chi connectivity index (χ2v) is 10.8. The van der Waals surface area contributed by atoms with E-state index in [0.717, 1.165) is 32.7 Å². The number of hydrogen-bond donors (Lipinski definition) is 2. The summed E-state index contributed by atoms with van der Waals surface area (Å²) in [5.41, 5.74) is 1.72. The van der Waals surface area contributed by atoms with Crippen LogP contribution in [-0.2, 0) is 15.9 Å². The molecule has 0 aliphatic heterocycles. The van der Waals surface area contributed by atoms with Gasteiger partial charge in [0.2, 0.25) is 11.5 Å². The van der Waals surface area contributed by atoms with Crippen LogP contribution in [0.5, 0.6) is 11.5 Å². The maximum atomic E-state index is 12.1. The minimum absolute atomic E-state index is 0.0467. The first-order valence-electron chi connectivity index (χ1n) is 15.0. The third kappa shape index (κ3) is 7.63. The van der Waals surface area contributed by atoms with E-state index >= 15 is 0 Å². The van der Waals surface area contributed by atoms with Gasteiger partial charge in [-0.05, 0) is 57.9 Å². The fourth-order valence-electron chi connectivity index (χ4n) is 5.19. The molecule has 0 aliphatic carbocycles. The molecule has 240 valence electrons. The van der Waals surface area contributed by atoms with Gasteiger partial charge in [-0.1, -0.05) is 60.7 Å². The molecular formula is C37H32O10. The van der Waals surface area contributed by atoms with Gasteiger partial charge in [0.25, 0.3) is 0 Å². The summed E-state index contributed by atoms with van der Waals surface area (Å²) in [5, 5.41) is 25.1. The van der Waals surface area contributed by atoms with Crippen molar-refractivity contribution in [1.29, 1.82) is 0 Å². The van der Waals surface area contributed by atoms with Crippen molar-refractivity contribution in [3.05, 3.63) is 132 Å². The van der Waals surface area contributed by atoms with E-state index in [0.29, 0.717) is 17.9 Å². The van der Waals surface area contributed by atoms with Gasteiger partial charge in [-0.15, -0.1) is 0 Å². The highest BCUT2D eigenvalue weighted by atomic mass is 16.6.